The van der Waals surface area contributed by atoms with Crippen molar-refractivity contribution in [2.24, 2.45) is 35.5 Å². The van der Waals surface area contributed by atoms with Gasteiger partial charge >= 0.3 is 0 Å². The summed E-state index contributed by atoms with van der Waals surface area (Å²) in [5.41, 5.74) is 31.6. The van der Waals surface area contributed by atoms with E-state index in [-0.39, 0.29) is 24.3 Å². The molecule has 6 atom stereocenters. The predicted octanol–water partition coefficient (Wildman–Crippen LogP) is 23.0. The molecular weight excluding hydrogens is 1310 g/mol. The molecule has 0 radical (unpaired) electrons. The lowest BCUT2D eigenvalue weighted by Gasteiger charge is -2.49. The Hall–Kier alpha value is -11.2. The quantitative estimate of drug-likeness (QED) is 0.106. The van der Waals surface area contributed by atoms with Gasteiger partial charge in [0.05, 0.1) is 11.4 Å². The molecule has 4 heterocycles. The fourth-order valence-corrected chi connectivity index (χ4v) is 23.0. The number of nitrogens with zero attached hydrogens (tertiary/aromatic N) is 6. The lowest BCUT2D eigenvalue weighted by molar-refractivity contribution is 0.0901. The molecule has 13 aromatic carbocycles. The normalized spacial score (nSPS) is 22.3. The Morgan fingerprint density at radius 3 is 1.09 bits per heavy atom. The van der Waals surface area contributed by atoms with Gasteiger partial charge in [0.25, 0.3) is 13.4 Å². The molecular formula is C100H90B2N6. The lowest BCUT2D eigenvalue weighted by atomic mass is 9.30. The number of anilines is 18. The summed E-state index contributed by atoms with van der Waals surface area (Å²) < 4.78 is 0. The van der Waals surface area contributed by atoms with E-state index in [1.807, 2.05) is 0 Å². The molecule has 8 heteroatoms. The first kappa shape index (κ1) is 65.1. The smallest absolute Gasteiger partial charge is 0.252 e. The van der Waals surface area contributed by atoms with Crippen LogP contribution in [0.1, 0.15) is 103 Å². The van der Waals surface area contributed by atoms with Crippen molar-refractivity contribution in [2.75, 3.05) is 29.4 Å². The molecule has 0 spiro atoms. The van der Waals surface area contributed by atoms with Crippen molar-refractivity contribution in [3.8, 4) is 0 Å². The molecule has 0 saturated heterocycles. The summed E-state index contributed by atoms with van der Waals surface area (Å²) in [6.45, 7) is 9.97. The molecule has 4 bridgehead atoms. The Bertz CT molecular complexity index is 5500. The van der Waals surface area contributed by atoms with E-state index in [1.165, 1.54) is 154 Å². The maximum atomic E-state index is 2.82. The number of fused-ring (bicyclic) bond motifs is 12. The third-order valence-corrected chi connectivity index (χ3v) is 26.8. The van der Waals surface area contributed by atoms with E-state index in [9.17, 15) is 0 Å². The van der Waals surface area contributed by atoms with Gasteiger partial charge in [-0.05, 0) is 275 Å². The second-order valence-electron chi connectivity index (χ2n) is 33.6. The summed E-state index contributed by atoms with van der Waals surface area (Å²) >= 11 is 0. The van der Waals surface area contributed by atoms with Crippen LogP contribution in [0.2, 0.25) is 0 Å². The molecule has 4 aliphatic carbocycles. The maximum absolute atomic E-state index is 2.82. The van der Waals surface area contributed by atoms with Crippen LogP contribution in [0.25, 0.3) is 0 Å². The number of para-hydroxylation sites is 10. The summed E-state index contributed by atoms with van der Waals surface area (Å²) in [5.74, 6) is 4.46. The molecule has 6 unspecified atom stereocenters. The van der Waals surface area contributed by atoms with Gasteiger partial charge in [0.1, 0.15) is 0 Å². The highest BCUT2D eigenvalue weighted by molar-refractivity contribution is 7.03. The largest absolute Gasteiger partial charge is 0.311 e. The van der Waals surface area contributed by atoms with Crippen LogP contribution in [-0.2, 0) is 10.8 Å². The maximum Gasteiger partial charge on any atom is 0.252 e. The van der Waals surface area contributed by atoms with Crippen LogP contribution in [0, 0.1) is 35.5 Å². The first-order valence-electron chi connectivity index (χ1n) is 40.2. The van der Waals surface area contributed by atoms with Crippen molar-refractivity contribution in [1.29, 1.82) is 0 Å². The van der Waals surface area contributed by atoms with E-state index in [2.05, 4.69) is 373 Å². The molecule has 13 aromatic rings. The van der Waals surface area contributed by atoms with E-state index in [4.69, 9.17) is 0 Å². The highest BCUT2D eigenvalue weighted by Crippen LogP contribution is 2.61. The average Bonchev–Trinajstić information content (AvgIpc) is 0.826. The third kappa shape index (κ3) is 10.4. The van der Waals surface area contributed by atoms with Crippen molar-refractivity contribution in [3.63, 3.8) is 0 Å². The Morgan fingerprint density at radius 2 is 0.667 bits per heavy atom. The number of rotatable bonds is 13. The van der Waals surface area contributed by atoms with Crippen molar-refractivity contribution in [1.82, 2.24) is 0 Å². The highest BCUT2D eigenvalue weighted by atomic mass is 15.2. The number of hydrogen-bond donors (Lipinski definition) is 0. The van der Waals surface area contributed by atoms with Gasteiger partial charge in [-0.25, -0.2) is 0 Å². The Kier molecular flexibility index (Phi) is 15.5. The molecule has 526 valence electrons. The van der Waals surface area contributed by atoms with Crippen LogP contribution in [0.15, 0.2) is 315 Å². The predicted molar refractivity (Wildman–Crippen MR) is 457 cm³/mol. The zero-order valence-corrected chi connectivity index (χ0v) is 62.4. The number of benzene rings is 13. The van der Waals surface area contributed by atoms with Crippen molar-refractivity contribution in [2.45, 2.75) is 103 Å². The van der Waals surface area contributed by atoms with Crippen molar-refractivity contribution >= 4 is 149 Å². The average molecular weight is 1400 g/mol. The molecule has 6 nitrogen and oxygen atoms in total. The van der Waals surface area contributed by atoms with E-state index in [0.29, 0.717) is 0 Å². The van der Waals surface area contributed by atoms with E-state index in [0.717, 1.165) is 92.4 Å². The first-order valence-corrected chi connectivity index (χ1v) is 40.2. The van der Waals surface area contributed by atoms with Gasteiger partial charge in [0, 0.05) is 91.0 Å². The molecule has 4 aliphatic heterocycles. The standard InChI is InChI=1S/C100H90B2N6/c1-5-71-55-70-56-72(71)66-100(4,65-70)82-45-25-29-49-88(82)108(87-48-28-24-44-81(87)99(3)63-68-52-67(2)53-69(54-68)64-99)80-59-94-98-96(60-80)107(78-42-22-11-23-43-78)92-62-91-85(61-86(92)102(98)84-47-27-31-51-90(84)105(94)76-38-18-9-19-39-76)101-83-46-26-30-50-89(83)104(75-36-16-8-17-37-75)93-57-79(58-95(97(93)101)106(91)77-40-20-10-21-41-77)103(73-32-12-6-13-33-73)74-34-14-7-15-35-74/h6-51,57-62,67-72H,5,52-56,63-66H2,1-4H3. The topological polar surface area (TPSA) is 19.4 Å². The van der Waals surface area contributed by atoms with Gasteiger partial charge in [0.2, 0.25) is 0 Å². The second-order valence-corrected chi connectivity index (χ2v) is 33.6. The van der Waals surface area contributed by atoms with Crippen LogP contribution in [0.3, 0.4) is 0 Å². The summed E-state index contributed by atoms with van der Waals surface area (Å²) in [7, 11) is 0. The SMILES string of the molecule is CCC1CC2CC1CC(C)(c1ccccc1N(c1cc3c4c(c1)N(c1ccccc1)c1cc5c(cc1B4c1ccccc1N3c1ccccc1)B1c3ccccc3N(c3ccccc3)c3cc(N(c4ccccc4)c4ccccc4)cc(c31)N5c1ccccc1)c1ccccc1C1(C)CC3CC(C)CC(C3)C1)C2. The molecule has 0 N–H and O–H groups in total. The zero-order valence-electron chi connectivity index (χ0n) is 62.4. The van der Waals surface area contributed by atoms with Gasteiger partial charge in [-0.3, -0.25) is 0 Å². The minimum atomic E-state index is -0.169. The monoisotopic (exact) mass is 1400 g/mol. The molecule has 21 rings (SSSR count). The molecule has 0 amide bonds. The van der Waals surface area contributed by atoms with Gasteiger partial charge in [-0.2, -0.15) is 0 Å². The van der Waals surface area contributed by atoms with Crippen molar-refractivity contribution < 1.29 is 0 Å². The van der Waals surface area contributed by atoms with E-state index >= 15 is 0 Å². The van der Waals surface area contributed by atoms with E-state index in [1.54, 1.807) is 0 Å². The molecule has 4 saturated carbocycles. The van der Waals surface area contributed by atoms with Crippen LogP contribution < -0.4 is 62.2 Å². The molecule has 0 aromatic heterocycles. The van der Waals surface area contributed by atoms with Crippen molar-refractivity contribution in [3.05, 3.63) is 327 Å². The van der Waals surface area contributed by atoms with Gasteiger partial charge in [0.15, 0.2) is 0 Å². The van der Waals surface area contributed by atoms with Gasteiger partial charge < -0.3 is 29.4 Å². The summed E-state index contributed by atoms with van der Waals surface area (Å²) in [6, 6.07) is 121. The minimum absolute atomic E-state index is 0.0231. The van der Waals surface area contributed by atoms with Crippen LogP contribution >= 0.6 is 0 Å². The fraction of sp³-hybridized carbons (Fsp3) is 0.220. The van der Waals surface area contributed by atoms with Gasteiger partial charge in [-0.15, -0.1) is 0 Å². The second kappa shape index (κ2) is 25.8. The Balaban J connectivity index is 0.858. The van der Waals surface area contributed by atoms with E-state index < -0.39 is 0 Å². The summed E-state index contributed by atoms with van der Waals surface area (Å²) in [5, 5.41) is 0. The van der Waals surface area contributed by atoms with Crippen LogP contribution in [-0.4, -0.2) is 13.4 Å². The zero-order chi connectivity index (χ0) is 71.9. The fourth-order valence-electron chi connectivity index (χ4n) is 23.0. The third-order valence-electron chi connectivity index (χ3n) is 26.8. The summed E-state index contributed by atoms with van der Waals surface area (Å²) in [4.78, 5) is 15.8. The minimum Gasteiger partial charge on any atom is -0.311 e. The molecule has 108 heavy (non-hydrogen) atoms. The Labute approximate surface area is 638 Å². The van der Waals surface area contributed by atoms with Gasteiger partial charge in [-0.1, -0.05) is 222 Å². The molecule has 4 fully saturated rings. The Morgan fingerprint density at radius 1 is 0.315 bits per heavy atom. The first-order chi connectivity index (χ1) is 53.1. The number of hydrogen-bond acceptors (Lipinski definition) is 6. The van der Waals surface area contributed by atoms with Crippen LogP contribution in [0.5, 0.6) is 0 Å². The van der Waals surface area contributed by atoms with Crippen LogP contribution in [0.4, 0.5) is 102 Å². The summed E-state index contributed by atoms with van der Waals surface area (Å²) in [6.07, 6.45) is 12.9. The highest BCUT2D eigenvalue weighted by Gasteiger charge is 2.52. The molecule has 8 aliphatic rings. The lowest BCUT2D eigenvalue weighted by Crippen LogP contribution is -2.65.